The summed E-state index contributed by atoms with van der Waals surface area (Å²) in [7, 11) is 0. The maximum atomic E-state index is 11.8. The van der Waals surface area contributed by atoms with Gasteiger partial charge in [0.15, 0.2) is 0 Å². The van der Waals surface area contributed by atoms with Gasteiger partial charge in [-0.15, -0.1) is 0 Å². The van der Waals surface area contributed by atoms with Crippen LogP contribution in [0.5, 0.6) is 0 Å². The van der Waals surface area contributed by atoms with Crippen LogP contribution in [-0.4, -0.2) is 18.4 Å². The Kier molecular flexibility index (Phi) is 5.35. The van der Waals surface area contributed by atoms with Crippen LogP contribution in [0.15, 0.2) is 42.5 Å². The number of carbonyl (C=O) groups excluding carboxylic acids is 2. The highest BCUT2D eigenvalue weighted by atomic mass is 16.5. The normalized spacial score (nSPS) is 17.5. The molecule has 1 atom stereocenters. The van der Waals surface area contributed by atoms with E-state index in [2.05, 4.69) is 11.4 Å². The van der Waals surface area contributed by atoms with Crippen molar-refractivity contribution < 1.29 is 14.3 Å². The van der Waals surface area contributed by atoms with E-state index in [1.165, 1.54) is 0 Å². The molecule has 1 aliphatic carbocycles. The van der Waals surface area contributed by atoms with Crippen molar-refractivity contribution in [1.82, 2.24) is 5.32 Å². The van der Waals surface area contributed by atoms with E-state index in [0.717, 1.165) is 24.8 Å². The Hall–Kier alpha value is -2.10. The van der Waals surface area contributed by atoms with Gasteiger partial charge in [0.25, 0.3) is 0 Å². The molecule has 0 bridgehead atoms. The average molecular weight is 273 g/mol. The van der Waals surface area contributed by atoms with E-state index in [1.807, 2.05) is 36.4 Å². The van der Waals surface area contributed by atoms with E-state index in [-0.39, 0.29) is 25.0 Å². The van der Waals surface area contributed by atoms with Crippen molar-refractivity contribution in [2.24, 2.45) is 5.92 Å². The number of benzene rings is 1. The van der Waals surface area contributed by atoms with Gasteiger partial charge in [0.05, 0.1) is 0 Å². The molecule has 20 heavy (non-hydrogen) atoms. The molecular weight excluding hydrogens is 254 g/mol. The highest BCUT2D eigenvalue weighted by Crippen LogP contribution is 2.17. The number of carbonyl (C=O) groups is 2. The van der Waals surface area contributed by atoms with E-state index in [4.69, 9.17) is 4.74 Å². The van der Waals surface area contributed by atoms with Gasteiger partial charge in [0.2, 0.25) is 5.91 Å². The Bertz CT molecular complexity index is 482. The Morgan fingerprint density at radius 3 is 2.70 bits per heavy atom. The molecule has 1 amide bonds. The van der Waals surface area contributed by atoms with E-state index >= 15 is 0 Å². The number of nitrogens with one attached hydrogen (secondary N) is 1. The van der Waals surface area contributed by atoms with Crippen molar-refractivity contribution >= 4 is 11.9 Å². The summed E-state index contributed by atoms with van der Waals surface area (Å²) in [5.74, 6) is -0.485. The monoisotopic (exact) mass is 273 g/mol. The van der Waals surface area contributed by atoms with Crippen LogP contribution in [0.4, 0.5) is 0 Å². The minimum atomic E-state index is -0.409. The van der Waals surface area contributed by atoms with Crippen molar-refractivity contribution in [3.63, 3.8) is 0 Å². The van der Waals surface area contributed by atoms with Crippen LogP contribution in [0.2, 0.25) is 0 Å². The topological polar surface area (TPSA) is 55.4 Å². The molecule has 0 aliphatic heterocycles. The van der Waals surface area contributed by atoms with Crippen LogP contribution in [0.1, 0.15) is 24.8 Å². The molecule has 106 valence electrons. The summed E-state index contributed by atoms with van der Waals surface area (Å²) in [5.41, 5.74) is 0.935. The molecule has 4 nitrogen and oxygen atoms in total. The molecule has 1 N–H and O–H groups in total. The first-order valence-electron chi connectivity index (χ1n) is 6.88. The van der Waals surface area contributed by atoms with Gasteiger partial charge in [-0.25, -0.2) is 0 Å². The van der Waals surface area contributed by atoms with Gasteiger partial charge in [0.1, 0.15) is 13.2 Å². The largest absolute Gasteiger partial charge is 0.460 e. The Labute approximate surface area is 118 Å². The molecule has 0 spiro atoms. The summed E-state index contributed by atoms with van der Waals surface area (Å²) < 4.78 is 5.10. The van der Waals surface area contributed by atoms with E-state index < -0.39 is 5.97 Å². The Morgan fingerprint density at radius 2 is 2.00 bits per heavy atom. The molecular formula is C16H19NO3. The zero-order valence-electron chi connectivity index (χ0n) is 11.4. The van der Waals surface area contributed by atoms with Crippen molar-refractivity contribution in [1.29, 1.82) is 0 Å². The minimum absolute atomic E-state index is 0.0121. The van der Waals surface area contributed by atoms with Crippen LogP contribution in [0, 0.1) is 5.92 Å². The highest BCUT2D eigenvalue weighted by molar-refractivity contribution is 5.83. The lowest BCUT2D eigenvalue weighted by Gasteiger charge is -2.16. The fraction of sp³-hybridized carbons (Fsp3) is 0.375. The molecule has 1 aromatic rings. The molecule has 1 aromatic carbocycles. The molecule has 2 rings (SSSR count). The summed E-state index contributed by atoms with van der Waals surface area (Å²) in [6.45, 7) is 0.174. The Morgan fingerprint density at radius 1 is 1.20 bits per heavy atom. The standard InChI is InChI=1S/C16H19NO3/c18-15(20-12-13-7-3-1-4-8-13)11-17-16(19)14-9-5-2-6-10-14/h1-5,7-8,14H,6,9-12H2,(H,17,19)/t14-/m0/s1. The van der Waals surface area contributed by atoms with Gasteiger partial charge in [-0.3, -0.25) is 9.59 Å². The number of rotatable bonds is 5. The van der Waals surface area contributed by atoms with Gasteiger partial charge < -0.3 is 10.1 Å². The lowest BCUT2D eigenvalue weighted by molar-refractivity contribution is -0.145. The maximum Gasteiger partial charge on any atom is 0.325 e. The maximum absolute atomic E-state index is 11.8. The van der Waals surface area contributed by atoms with Gasteiger partial charge in [-0.05, 0) is 24.8 Å². The molecule has 0 aromatic heterocycles. The van der Waals surface area contributed by atoms with Crippen molar-refractivity contribution in [2.45, 2.75) is 25.9 Å². The van der Waals surface area contributed by atoms with Gasteiger partial charge in [-0.2, -0.15) is 0 Å². The third-order valence-electron chi connectivity index (χ3n) is 3.29. The fourth-order valence-electron chi connectivity index (χ4n) is 2.12. The zero-order valence-corrected chi connectivity index (χ0v) is 11.4. The first-order chi connectivity index (χ1) is 9.75. The van der Waals surface area contributed by atoms with Crippen LogP contribution in [-0.2, 0) is 20.9 Å². The second kappa shape index (κ2) is 7.48. The quantitative estimate of drug-likeness (QED) is 0.661. The third-order valence-corrected chi connectivity index (χ3v) is 3.29. The molecule has 0 saturated carbocycles. The summed E-state index contributed by atoms with van der Waals surface area (Å²) in [6.07, 6.45) is 6.63. The summed E-state index contributed by atoms with van der Waals surface area (Å²) in [4.78, 5) is 23.4. The lowest BCUT2D eigenvalue weighted by Crippen LogP contribution is -2.35. The average Bonchev–Trinajstić information content (AvgIpc) is 2.52. The van der Waals surface area contributed by atoms with E-state index in [9.17, 15) is 9.59 Å². The first-order valence-corrected chi connectivity index (χ1v) is 6.88. The lowest BCUT2D eigenvalue weighted by atomic mass is 9.94. The fourth-order valence-corrected chi connectivity index (χ4v) is 2.12. The molecule has 1 aliphatic rings. The second-order valence-electron chi connectivity index (χ2n) is 4.85. The molecule has 4 heteroatoms. The predicted molar refractivity (Wildman–Crippen MR) is 75.7 cm³/mol. The van der Waals surface area contributed by atoms with Crippen LogP contribution < -0.4 is 5.32 Å². The second-order valence-corrected chi connectivity index (χ2v) is 4.85. The number of ether oxygens (including phenoxy) is 1. The Balaban J connectivity index is 1.67. The van der Waals surface area contributed by atoms with Gasteiger partial charge in [-0.1, -0.05) is 42.5 Å². The predicted octanol–water partition coefficient (Wildman–Crippen LogP) is 2.20. The van der Waals surface area contributed by atoms with Crippen molar-refractivity contribution in [3.05, 3.63) is 48.0 Å². The number of allylic oxidation sites excluding steroid dienone is 2. The number of hydrogen-bond acceptors (Lipinski definition) is 3. The number of amides is 1. The highest BCUT2D eigenvalue weighted by Gasteiger charge is 2.19. The number of hydrogen-bond donors (Lipinski definition) is 1. The SMILES string of the molecule is O=C(CNC(=O)[C@H]1CC=CCC1)OCc1ccccc1. The van der Waals surface area contributed by atoms with Crippen LogP contribution in [0.25, 0.3) is 0 Å². The molecule has 0 heterocycles. The van der Waals surface area contributed by atoms with Gasteiger partial charge in [0, 0.05) is 5.92 Å². The summed E-state index contributed by atoms with van der Waals surface area (Å²) in [6, 6.07) is 9.47. The summed E-state index contributed by atoms with van der Waals surface area (Å²) in [5, 5.41) is 2.64. The molecule has 0 radical (unpaired) electrons. The molecule has 0 unspecified atom stereocenters. The zero-order chi connectivity index (χ0) is 14.2. The summed E-state index contributed by atoms with van der Waals surface area (Å²) >= 11 is 0. The van der Waals surface area contributed by atoms with Crippen LogP contribution >= 0.6 is 0 Å². The van der Waals surface area contributed by atoms with Crippen molar-refractivity contribution in [3.8, 4) is 0 Å². The van der Waals surface area contributed by atoms with Crippen LogP contribution in [0.3, 0.4) is 0 Å². The van der Waals surface area contributed by atoms with E-state index in [1.54, 1.807) is 0 Å². The van der Waals surface area contributed by atoms with E-state index in [0.29, 0.717) is 0 Å². The van der Waals surface area contributed by atoms with Crippen molar-refractivity contribution in [2.75, 3.05) is 6.54 Å². The number of esters is 1. The molecule has 0 saturated heterocycles. The van der Waals surface area contributed by atoms with Gasteiger partial charge >= 0.3 is 5.97 Å². The first kappa shape index (κ1) is 14.3. The smallest absolute Gasteiger partial charge is 0.325 e. The molecule has 0 fully saturated rings. The third kappa shape index (κ3) is 4.53. The minimum Gasteiger partial charge on any atom is -0.460 e.